The Kier molecular flexibility index (Phi) is 34.7. The van der Waals surface area contributed by atoms with E-state index >= 15 is 0 Å². The molecule has 0 saturated carbocycles. The summed E-state index contributed by atoms with van der Waals surface area (Å²) in [6, 6.07) is 1.24. The van der Waals surface area contributed by atoms with E-state index in [2.05, 4.69) is 59.6 Å². The molecular formula is C52H81N3O16P2. The molecule has 8 atom stereocenters. The first kappa shape index (κ1) is 64.8. The highest BCUT2D eigenvalue weighted by atomic mass is 31.3. The van der Waals surface area contributed by atoms with Crippen molar-refractivity contribution >= 4 is 33.4 Å². The maximum Gasteiger partial charge on any atom is 0.481 e. The first-order chi connectivity index (χ1) is 35.1. The first-order valence-electron chi connectivity index (χ1n) is 25.3. The number of nitrogen functional groups attached to an aromatic ring is 1. The van der Waals surface area contributed by atoms with E-state index < -0.39 is 89.8 Å². The van der Waals surface area contributed by atoms with Gasteiger partial charge in [0.2, 0.25) is 0 Å². The summed E-state index contributed by atoms with van der Waals surface area (Å²) in [5, 5.41) is 30.8. The van der Waals surface area contributed by atoms with Crippen LogP contribution in [0.2, 0.25) is 0 Å². The van der Waals surface area contributed by atoms with Gasteiger partial charge in [0.25, 0.3) is 0 Å². The number of esters is 2. The molecule has 2 unspecified atom stereocenters. The zero-order valence-corrected chi connectivity index (χ0v) is 44.3. The van der Waals surface area contributed by atoms with Gasteiger partial charge >= 0.3 is 33.3 Å². The number of rotatable bonds is 40. The van der Waals surface area contributed by atoms with Crippen LogP contribution in [0.25, 0.3) is 0 Å². The zero-order valence-electron chi connectivity index (χ0n) is 42.5. The number of allylic oxidation sites excluding steroid dienone is 15. The van der Waals surface area contributed by atoms with Crippen LogP contribution >= 0.6 is 15.6 Å². The molecule has 0 spiro atoms. The van der Waals surface area contributed by atoms with E-state index in [1.54, 1.807) is 0 Å². The standard InChI is InChI=1S/C52H81N3O16P2/c1-3-5-7-8-9-10-11-12-13-14-15-16-20-23-26-29-32-36-47(57)66-40-44(69-48(58)37-33-30-27-24-21-18-17-19-22-25-28-31-35-43(56)34-6-4-2)41-67-72(62,63)71-73(64,65)68-42-45-49(59)50(60)51(70-45)55-39-38-46(53)54-52(55)61/h9-10,12-13,15-18,22-27,31,35,38-39,43-45,49-51,56,59-60H,3-8,11,14,19-21,28-30,32-34,36-37,40-42H2,1-2H3,(H,62,63)(H,64,65)(H2,53,54,61)/b10-9-,13-12-,16-15-,18-17-,25-22-,26-23-,27-24-,35-31-/t43-,44-,45-,49-,50-,51-/m1/s1. The second kappa shape index (κ2) is 39.1. The number of aliphatic hydroxyl groups excluding tert-OH is 3. The number of phosphoric acid groups is 2. The molecule has 2 heterocycles. The Balaban J connectivity index is 1.87. The van der Waals surface area contributed by atoms with E-state index in [1.165, 1.54) is 25.3 Å². The normalized spacial score (nSPS) is 20.2. The van der Waals surface area contributed by atoms with E-state index in [-0.39, 0.29) is 18.7 Å². The number of aromatic nitrogens is 2. The third-order valence-electron chi connectivity index (χ3n) is 10.7. The van der Waals surface area contributed by atoms with Gasteiger partial charge in [-0.15, -0.1) is 0 Å². The largest absolute Gasteiger partial charge is 0.481 e. The van der Waals surface area contributed by atoms with Crippen molar-refractivity contribution < 1.29 is 71.4 Å². The molecule has 73 heavy (non-hydrogen) atoms. The van der Waals surface area contributed by atoms with Crippen LogP contribution in [0.15, 0.2) is 114 Å². The maximum absolute atomic E-state index is 12.8. The summed E-state index contributed by atoms with van der Waals surface area (Å²) in [7, 11) is -10.9. The average molecular weight is 1070 g/mol. The van der Waals surface area contributed by atoms with Gasteiger partial charge in [0.1, 0.15) is 30.7 Å². The van der Waals surface area contributed by atoms with Crippen LogP contribution in [-0.4, -0.2) is 96.9 Å². The van der Waals surface area contributed by atoms with E-state index in [0.29, 0.717) is 32.1 Å². The van der Waals surface area contributed by atoms with E-state index in [0.717, 1.165) is 68.6 Å². The second-order valence-electron chi connectivity index (χ2n) is 17.1. The number of nitrogens with two attached hydrogens (primary N) is 1. The van der Waals surface area contributed by atoms with Gasteiger partial charge in [-0.1, -0.05) is 137 Å². The smallest absolute Gasteiger partial charge is 0.462 e. The van der Waals surface area contributed by atoms with Gasteiger partial charge in [-0.2, -0.15) is 9.29 Å². The second-order valence-corrected chi connectivity index (χ2v) is 20.2. The van der Waals surface area contributed by atoms with Crippen molar-refractivity contribution in [1.29, 1.82) is 0 Å². The molecule has 0 aromatic carbocycles. The van der Waals surface area contributed by atoms with Gasteiger partial charge in [0.15, 0.2) is 12.3 Å². The number of carbonyl (C=O) groups is 2. The molecule has 1 aliphatic heterocycles. The number of unbranched alkanes of at least 4 members (excludes halogenated alkanes) is 6. The van der Waals surface area contributed by atoms with Gasteiger partial charge < -0.3 is 45.1 Å². The minimum absolute atomic E-state index is 0.0256. The molecule has 0 amide bonds. The van der Waals surface area contributed by atoms with Crippen LogP contribution in [0.3, 0.4) is 0 Å². The monoisotopic (exact) mass is 1070 g/mol. The first-order valence-corrected chi connectivity index (χ1v) is 28.3. The minimum Gasteiger partial charge on any atom is -0.462 e. The highest BCUT2D eigenvalue weighted by Gasteiger charge is 2.46. The van der Waals surface area contributed by atoms with Gasteiger partial charge in [-0.05, 0) is 89.5 Å². The Morgan fingerprint density at radius 2 is 1.22 bits per heavy atom. The summed E-state index contributed by atoms with van der Waals surface area (Å²) >= 11 is 0. The van der Waals surface area contributed by atoms with Crippen LogP contribution in [0, 0.1) is 0 Å². The summed E-state index contributed by atoms with van der Waals surface area (Å²) in [4.78, 5) is 61.9. The third kappa shape index (κ3) is 31.9. The van der Waals surface area contributed by atoms with Crippen LogP contribution in [0.1, 0.15) is 142 Å². The van der Waals surface area contributed by atoms with Gasteiger partial charge in [0, 0.05) is 19.0 Å². The molecule has 1 saturated heterocycles. The Morgan fingerprint density at radius 1 is 0.712 bits per heavy atom. The quantitative estimate of drug-likeness (QED) is 0.0154. The molecule has 1 aliphatic rings. The van der Waals surface area contributed by atoms with Crippen molar-refractivity contribution in [3.63, 3.8) is 0 Å². The topological polar surface area (TPSA) is 286 Å². The summed E-state index contributed by atoms with van der Waals surface area (Å²) in [6.07, 6.45) is 39.8. The SMILES string of the molecule is CCCCC/C=C\C/C=C\C/C=C\C/C=C\CCCC(=O)OC[C@H](COP(=O)(O)OP(=O)(O)OC[C@H]1O[C@@H](n2ccc(N)nc2=O)[C@H](O)[C@@H]1O)OC(=O)CCC/C=C\C/C=C\C/C=C\C/C=C\[C@H](O)CCCC. The van der Waals surface area contributed by atoms with Crippen molar-refractivity contribution in [2.24, 2.45) is 0 Å². The van der Waals surface area contributed by atoms with Crippen LogP contribution < -0.4 is 11.4 Å². The number of aliphatic hydroxyl groups is 3. The lowest BCUT2D eigenvalue weighted by Gasteiger charge is -2.21. The Labute approximate surface area is 431 Å². The molecule has 21 heteroatoms. The lowest BCUT2D eigenvalue weighted by atomic mass is 10.1. The summed E-state index contributed by atoms with van der Waals surface area (Å²) < 4.78 is 56.6. The molecule has 2 rings (SSSR count). The lowest BCUT2D eigenvalue weighted by Crippen LogP contribution is -2.36. The zero-order chi connectivity index (χ0) is 53.6. The molecule has 7 N–H and O–H groups in total. The fourth-order valence-electron chi connectivity index (χ4n) is 6.73. The van der Waals surface area contributed by atoms with Crippen molar-refractivity contribution in [1.82, 2.24) is 9.55 Å². The van der Waals surface area contributed by atoms with Gasteiger partial charge in [-0.3, -0.25) is 23.2 Å². The molecule has 410 valence electrons. The minimum atomic E-state index is -5.46. The Hall–Kier alpha value is -4.36. The summed E-state index contributed by atoms with van der Waals surface area (Å²) in [5.74, 6) is -1.47. The average Bonchev–Trinajstić information content (AvgIpc) is 3.62. The highest BCUT2D eigenvalue weighted by Crippen LogP contribution is 2.60. The van der Waals surface area contributed by atoms with Crippen molar-refractivity contribution in [3.05, 3.63) is 120 Å². The summed E-state index contributed by atoms with van der Waals surface area (Å²) in [6.45, 7) is 1.84. The van der Waals surface area contributed by atoms with Crippen molar-refractivity contribution in [3.8, 4) is 0 Å². The number of hydrogen-bond donors (Lipinski definition) is 6. The molecule has 1 aromatic rings. The Morgan fingerprint density at radius 3 is 1.77 bits per heavy atom. The molecule has 0 radical (unpaired) electrons. The lowest BCUT2D eigenvalue weighted by molar-refractivity contribution is -0.161. The maximum atomic E-state index is 12.8. The number of ether oxygens (including phenoxy) is 3. The summed E-state index contributed by atoms with van der Waals surface area (Å²) in [5.41, 5.74) is 4.57. The number of anilines is 1. The predicted octanol–water partition coefficient (Wildman–Crippen LogP) is 9.41. The van der Waals surface area contributed by atoms with E-state index in [4.69, 9.17) is 29.0 Å². The van der Waals surface area contributed by atoms with Gasteiger partial charge in [0.05, 0.1) is 19.3 Å². The fourth-order valence-corrected chi connectivity index (χ4v) is 8.84. The molecular weight excluding hydrogens is 985 g/mol. The Bertz CT molecular complexity index is 2120. The van der Waals surface area contributed by atoms with Crippen LogP contribution in [0.5, 0.6) is 0 Å². The van der Waals surface area contributed by atoms with Crippen molar-refractivity contribution in [2.45, 2.75) is 173 Å². The third-order valence-corrected chi connectivity index (χ3v) is 13.3. The van der Waals surface area contributed by atoms with Crippen LogP contribution in [-0.2, 0) is 46.3 Å². The molecule has 0 bridgehead atoms. The van der Waals surface area contributed by atoms with E-state index in [1.807, 2.05) is 60.8 Å². The predicted molar refractivity (Wildman–Crippen MR) is 281 cm³/mol. The highest BCUT2D eigenvalue weighted by molar-refractivity contribution is 7.61. The van der Waals surface area contributed by atoms with Crippen molar-refractivity contribution in [2.75, 3.05) is 25.6 Å². The van der Waals surface area contributed by atoms with Gasteiger partial charge in [-0.25, -0.2) is 13.9 Å². The molecule has 0 aliphatic carbocycles. The van der Waals surface area contributed by atoms with E-state index in [9.17, 15) is 48.6 Å². The number of carbonyl (C=O) groups excluding carboxylic acids is 2. The number of phosphoric ester groups is 2. The molecule has 1 aromatic heterocycles. The fraction of sp³-hybridized carbons (Fsp3) is 0.577. The molecule has 19 nitrogen and oxygen atoms in total. The van der Waals surface area contributed by atoms with Crippen LogP contribution in [0.4, 0.5) is 5.82 Å². The number of hydrogen-bond acceptors (Lipinski definition) is 16. The molecule has 1 fully saturated rings. The number of nitrogens with zero attached hydrogens (tertiary/aromatic N) is 2.